The summed E-state index contributed by atoms with van der Waals surface area (Å²) < 4.78 is 10.9. The fraction of sp³-hybridized carbons (Fsp3) is 0.389. The number of likely N-dealkylation sites (N-methyl/N-ethyl adjacent to an activating group) is 1. The Hall–Kier alpha value is -2.23. The van der Waals surface area contributed by atoms with Gasteiger partial charge in [0.2, 0.25) is 0 Å². The topological polar surface area (TPSA) is 38.8 Å². The Morgan fingerprint density at radius 1 is 1.36 bits per heavy atom. The summed E-state index contributed by atoms with van der Waals surface area (Å²) in [4.78, 5) is 13.9. The van der Waals surface area contributed by atoms with Crippen LogP contribution in [0, 0.1) is 0 Å². The van der Waals surface area contributed by atoms with Crippen molar-refractivity contribution in [2.75, 3.05) is 26.8 Å². The molecule has 1 amide bonds. The number of carbonyl (C=O) groups excluding carboxylic acids is 1. The van der Waals surface area contributed by atoms with Crippen LogP contribution in [0.1, 0.15) is 26.3 Å². The maximum absolute atomic E-state index is 12.2. The van der Waals surface area contributed by atoms with Crippen molar-refractivity contribution in [3.8, 4) is 11.5 Å². The van der Waals surface area contributed by atoms with Crippen LogP contribution in [0.15, 0.2) is 36.4 Å². The summed E-state index contributed by atoms with van der Waals surface area (Å²) in [7, 11) is 1.59. The highest BCUT2D eigenvalue weighted by atomic mass is 16.5. The number of carbonyl (C=O) groups is 1. The van der Waals surface area contributed by atoms with Crippen LogP contribution in [0.2, 0.25) is 0 Å². The number of ether oxygens (including phenoxy) is 2. The van der Waals surface area contributed by atoms with Crippen LogP contribution in [0.25, 0.3) is 6.08 Å². The molecule has 0 radical (unpaired) electrons. The third kappa shape index (κ3) is 5.28. The van der Waals surface area contributed by atoms with E-state index < -0.39 is 0 Å². The molecule has 0 fully saturated rings. The van der Waals surface area contributed by atoms with Gasteiger partial charge in [-0.15, -0.1) is 0 Å². The standard InChI is InChI=1S/C18H25NO3/c1-6-8-15-9-10-16(17(11-15)21-5)22-13-18(20)19(7-2)12-14(3)4/h6,8-11H,3,7,12-13H2,1-2,4-5H3/b8-6+. The third-order valence-corrected chi connectivity index (χ3v) is 3.09. The van der Waals surface area contributed by atoms with E-state index in [0.717, 1.165) is 11.1 Å². The maximum atomic E-state index is 12.2. The van der Waals surface area contributed by atoms with Gasteiger partial charge < -0.3 is 14.4 Å². The van der Waals surface area contributed by atoms with Crippen molar-refractivity contribution in [2.24, 2.45) is 0 Å². The Morgan fingerprint density at radius 3 is 2.64 bits per heavy atom. The van der Waals surface area contributed by atoms with Crippen LogP contribution in [-0.4, -0.2) is 37.6 Å². The lowest BCUT2D eigenvalue weighted by atomic mass is 10.2. The molecular formula is C18H25NO3. The Labute approximate surface area is 133 Å². The fourth-order valence-corrected chi connectivity index (χ4v) is 2.03. The summed E-state index contributed by atoms with van der Waals surface area (Å²) in [6.07, 6.45) is 3.93. The van der Waals surface area contributed by atoms with Crippen molar-refractivity contribution in [3.63, 3.8) is 0 Å². The number of methoxy groups -OCH3 is 1. The zero-order valence-corrected chi connectivity index (χ0v) is 13.9. The molecule has 0 aliphatic carbocycles. The van der Waals surface area contributed by atoms with Gasteiger partial charge in [-0.2, -0.15) is 0 Å². The zero-order valence-electron chi connectivity index (χ0n) is 13.9. The smallest absolute Gasteiger partial charge is 0.260 e. The molecule has 0 saturated heterocycles. The van der Waals surface area contributed by atoms with Crippen molar-refractivity contribution < 1.29 is 14.3 Å². The summed E-state index contributed by atoms with van der Waals surface area (Å²) in [5.74, 6) is 1.12. The lowest BCUT2D eigenvalue weighted by molar-refractivity contribution is -0.132. The Morgan fingerprint density at radius 2 is 2.09 bits per heavy atom. The summed E-state index contributed by atoms with van der Waals surface area (Å²) in [6.45, 7) is 10.8. The minimum Gasteiger partial charge on any atom is -0.493 e. The van der Waals surface area contributed by atoms with Gasteiger partial charge in [0.1, 0.15) is 0 Å². The van der Waals surface area contributed by atoms with Gasteiger partial charge in [0, 0.05) is 13.1 Å². The first-order valence-corrected chi connectivity index (χ1v) is 7.37. The Bertz CT molecular complexity index is 549. The van der Waals surface area contributed by atoms with Crippen LogP contribution in [0.3, 0.4) is 0 Å². The average Bonchev–Trinajstić information content (AvgIpc) is 2.50. The molecular weight excluding hydrogens is 278 g/mol. The van der Waals surface area contributed by atoms with Crippen molar-refractivity contribution in [1.29, 1.82) is 0 Å². The van der Waals surface area contributed by atoms with Crippen LogP contribution >= 0.6 is 0 Å². The van der Waals surface area contributed by atoms with Gasteiger partial charge in [-0.05, 0) is 38.5 Å². The summed E-state index contributed by atoms with van der Waals surface area (Å²) in [5.41, 5.74) is 1.97. The molecule has 0 unspecified atom stereocenters. The molecule has 1 rings (SSSR count). The first-order valence-electron chi connectivity index (χ1n) is 7.37. The first-order chi connectivity index (χ1) is 10.5. The predicted octanol–water partition coefficient (Wildman–Crippen LogP) is 3.53. The van der Waals surface area contributed by atoms with Gasteiger partial charge in [-0.1, -0.05) is 30.4 Å². The second-order valence-electron chi connectivity index (χ2n) is 5.06. The van der Waals surface area contributed by atoms with E-state index in [2.05, 4.69) is 6.58 Å². The largest absolute Gasteiger partial charge is 0.493 e. The van der Waals surface area contributed by atoms with Crippen LogP contribution in [-0.2, 0) is 4.79 Å². The monoisotopic (exact) mass is 303 g/mol. The van der Waals surface area contributed by atoms with Crippen LogP contribution in [0.5, 0.6) is 11.5 Å². The molecule has 0 saturated carbocycles. The number of hydrogen-bond acceptors (Lipinski definition) is 3. The highest BCUT2D eigenvalue weighted by Crippen LogP contribution is 2.28. The third-order valence-electron chi connectivity index (χ3n) is 3.09. The normalized spacial score (nSPS) is 10.5. The molecule has 1 aromatic carbocycles. The molecule has 0 N–H and O–H groups in total. The lowest BCUT2D eigenvalue weighted by Crippen LogP contribution is -2.35. The molecule has 0 spiro atoms. The molecule has 1 aromatic rings. The molecule has 120 valence electrons. The highest BCUT2D eigenvalue weighted by Gasteiger charge is 2.14. The predicted molar refractivity (Wildman–Crippen MR) is 90.3 cm³/mol. The van der Waals surface area contributed by atoms with E-state index in [-0.39, 0.29) is 12.5 Å². The quantitative estimate of drug-likeness (QED) is 0.690. The van der Waals surface area contributed by atoms with Gasteiger partial charge in [-0.25, -0.2) is 0 Å². The first kappa shape index (κ1) is 17.8. The van der Waals surface area contributed by atoms with E-state index in [9.17, 15) is 4.79 Å². The lowest BCUT2D eigenvalue weighted by Gasteiger charge is -2.21. The minimum absolute atomic E-state index is 0.0134. The second kappa shape index (κ2) is 8.93. The molecule has 0 atom stereocenters. The molecule has 0 heterocycles. The van der Waals surface area contributed by atoms with Gasteiger partial charge in [0.15, 0.2) is 18.1 Å². The van der Waals surface area contributed by atoms with Crippen molar-refractivity contribution in [3.05, 3.63) is 42.0 Å². The van der Waals surface area contributed by atoms with E-state index in [1.807, 2.05) is 51.1 Å². The van der Waals surface area contributed by atoms with Crippen molar-refractivity contribution in [2.45, 2.75) is 20.8 Å². The fourth-order valence-electron chi connectivity index (χ4n) is 2.03. The van der Waals surface area contributed by atoms with Gasteiger partial charge >= 0.3 is 0 Å². The minimum atomic E-state index is -0.0647. The molecule has 0 bridgehead atoms. The Balaban J connectivity index is 2.74. The number of rotatable bonds is 8. The number of hydrogen-bond donors (Lipinski definition) is 0. The van der Waals surface area contributed by atoms with Gasteiger partial charge in [-0.3, -0.25) is 4.79 Å². The van der Waals surface area contributed by atoms with E-state index in [1.54, 1.807) is 12.0 Å². The maximum Gasteiger partial charge on any atom is 0.260 e. The van der Waals surface area contributed by atoms with E-state index in [0.29, 0.717) is 24.6 Å². The summed E-state index contributed by atoms with van der Waals surface area (Å²) in [5, 5.41) is 0. The zero-order chi connectivity index (χ0) is 16.5. The van der Waals surface area contributed by atoms with E-state index >= 15 is 0 Å². The molecule has 4 nitrogen and oxygen atoms in total. The van der Waals surface area contributed by atoms with Gasteiger partial charge in [0.25, 0.3) is 5.91 Å². The number of allylic oxidation sites excluding steroid dienone is 1. The Kier molecular flexibility index (Phi) is 7.23. The second-order valence-corrected chi connectivity index (χ2v) is 5.06. The SMILES string of the molecule is C=C(C)CN(CC)C(=O)COc1ccc(/C=C/C)cc1OC. The summed E-state index contributed by atoms with van der Waals surface area (Å²) >= 11 is 0. The summed E-state index contributed by atoms with van der Waals surface area (Å²) in [6, 6.07) is 5.62. The van der Waals surface area contributed by atoms with E-state index in [4.69, 9.17) is 9.47 Å². The molecule has 22 heavy (non-hydrogen) atoms. The van der Waals surface area contributed by atoms with Crippen molar-refractivity contribution in [1.82, 2.24) is 4.90 Å². The molecule has 0 aliphatic heterocycles. The molecule has 4 heteroatoms. The van der Waals surface area contributed by atoms with Crippen molar-refractivity contribution >= 4 is 12.0 Å². The average molecular weight is 303 g/mol. The number of nitrogens with zero attached hydrogens (tertiary/aromatic N) is 1. The highest BCUT2D eigenvalue weighted by molar-refractivity contribution is 5.78. The van der Waals surface area contributed by atoms with Crippen LogP contribution < -0.4 is 9.47 Å². The van der Waals surface area contributed by atoms with E-state index in [1.165, 1.54) is 0 Å². The van der Waals surface area contributed by atoms with Crippen LogP contribution in [0.4, 0.5) is 0 Å². The molecule has 0 aliphatic rings. The van der Waals surface area contributed by atoms with Gasteiger partial charge in [0.05, 0.1) is 7.11 Å². The number of amides is 1. The molecule has 0 aromatic heterocycles. The number of benzene rings is 1.